The summed E-state index contributed by atoms with van der Waals surface area (Å²) in [4.78, 5) is 10.2. The Morgan fingerprint density at radius 1 is 1.26 bits per heavy atom. The number of nitriles is 1. The lowest BCUT2D eigenvalue weighted by Gasteiger charge is -2.40. The molecule has 0 radical (unpaired) electrons. The molecule has 14 heteroatoms. The second-order valence-electron chi connectivity index (χ2n) is 9.03. The van der Waals surface area contributed by atoms with E-state index in [-0.39, 0.29) is 33.0 Å². The molecule has 1 aromatic carbocycles. The number of hydrogen-bond acceptors (Lipinski definition) is 9. The van der Waals surface area contributed by atoms with Crippen LogP contribution < -0.4 is 15.4 Å². The summed E-state index contributed by atoms with van der Waals surface area (Å²) in [7, 11) is -3.08. The van der Waals surface area contributed by atoms with E-state index in [0.717, 1.165) is 0 Å². The van der Waals surface area contributed by atoms with Crippen LogP contribution in [0.2, 0.25) is 10.0 Å². The van der Waals surface area contributed by atoms with Crippen molar-refractivity contribution in [3.05, 3.63) is 63.8 Å². The zero-order chi connectivity index (χ0) is 27.2. The van der Waals surface area contributed by atoms with E-state index in [0.29, 0.717) is 46.6 Å². The predicted octanol–water partition coefficient (Wildman–Crippen LogP) is 3.85. The molecular formula is C24H20Cl2FN7O3S. The maximum Gasteiger partial charge on any atom is 0.177 e. The van der Waals surface area contributed by atoms with Gasteiger partial charge in [-0.3, -0.25) is 15.8 Å². The summed E-state index contributed by atoms with van der Waals surface area (Å²) in [6.45, 7) is 0.982. The molecule has 1 aliphatic heterocycles. The van der Waals surface area contributed by atoms with Crippen LogP contribution in [0.25, 0.3) is 22.2 Å². The molecule has 4 aromatic rings. The van der Waals surface area contributed by atoms with Crippen LogP contribution in [0.3, 0.4) is 0 Å². The van der Waals surface area contributed by atoms with E-state index in [9.17, 15) is 18.1 Å². The van der Waals surface area contributed by atoms with Crippen molar-refractivity contribution in [2.45, 2.75) is 6.23 Å². The van der Waals surface area contributed by atoms with Gasteiger partial charge in [0.05, 0.1) is 26.9 Å². The van der Waals surface area contributed by atoms with E-state index in [4.69, 9.17) is 33.7 Å². The maximum absolute atomic E-state index is 14.8. The van der Waals surface area contributed by atoms with Crippen molar-refractivity contribution in [1.29, 1.82) is 5.26 Å². The van der Waals surface area contributed by atoms with Gasteiger partial charge in [-0.25, -0.2) is 17.8 Å². The molecule has 1 saturated heterocycles. The number of nitrogens with two attached hydrogens (primary N) is 1. The van der Waals surface area contributed by atoms with Crippen LogP contribution in [0.1, 0.15) is 17.4 Å². The van der Waals surface area contributed by atoms with Crippen LogP contribution in [0, 0.1) is 23.1 Å². The van der Waals surface area contributed by atoms with Crippen LogP contribution >= 0.6 is 23.2 Å². The SMILES string of the molecule is CS(=O)(=O)CC1CN(c2ncc(-c3n[nH]c4cc(F)c(O[C@H](N)c5c(Cl)cncc5Cl)cc34)cc2C#N)C1. The van der Waals surface area contributed by atoms with Gasteiger partial charge in [-0.1, -0.05) is 23.2 Å². The Kier molecular flexibility index (Phi) is 6.87. The molecule has 10 nitrogen and oxygen atoms in total. The molecule has 0 unspecified atom stereocenters. The summed E-state index contributed by atoms with van der Waals surface area (Å²) < 4.78 is 43.6. The molecule has 0 amide bonds. The fraction of sp³-hybridized carbons (Fsp3) is 0.250. The molecule has 3 N–H and O–H groups in total. The van der Waals surface area contributed by atoms with Crippen molar-refractivity contribution >= 4 is 49.8 Å². The molecule has 1 atom stereocenters. The van der Waals surface area contributed by atoms with E-state index in [2.05, 4.69) is 26.2 Å². The van der Waals surface area contributed by atoms with Gasteiger partial charge >= 0.3 is 0 Å². The van der Waals surface area contributed by atoms with E-state index in [1.807, 2.05) is 4.90 Å². The highest BCUT2D eigenvalue weighted by Crippen LogP contribution is 2.36. The third-order valence-electron chi connectivity index (χ3n) is 6.10. The summed E-state index contributed by atoms with van der Waals surface area (Å²) in [5.74, 6) is -0.290. The average Bonchev–Trinajstić information content (AvgIpc) is 3.23. The molecule has 0 saturated carbocycles. The number of halogens is 3. The minimum atomic E-state index is -3.08. The number of hydrogen-bond donors (Lipinski definition) is 2. The first-order valence-electron chi connectivity index (χ1n) is 11.3. The van der Waals surface area contributed by atoms with Gasteiger partial charge in [-0.05, 0) is 12.1 Å². The van der Waals surface area contributed by atoms with Gasteiger partial charge in [0.25, 0.3) is 0 Å². The summed E-state index contributed by atoms with van der Waals surface area (Å²) in [5, 5.41) is 17.7. The number of aromatic amines is 1. The summed E-state index contributed by atoms with van der Waals surface area (Å²) >= 11 is 12.3. The minimum Gasteiger partial charge on any atom is -0.468 e. The standard InChI is InChI=1S/C24H20Cl2FN7O3S/c1-38(35,36)11-12-9-34(10-12)24-13(5-28)2-14(6-31-24)22-15-3-20(18(27)4-19(15)32-33-22)37-23(29)21-16(25)7-30-8-17(21)26/h2-4,6-8,12,23H,9-11,29H2,1H3,(H,32,33)/t23-/m0/s1. The fourth-order valence-electron chi connectivity index (χ4n) is 4.42. The minimum absolute atomic E-state index is 0.00935. The second kappa shape index (κ2) is 9.99. The predicted molar refractivity (Wildman–Crippen MR) is 141 cm³/mol. The van der Waals surface area contributed by atoms with Crippen molar-refractivity contribution in [2.75, 3.05) is 30.0 Å². The third kappa shape index (κ3) is 5.10. The van der Waals surface area contributed by atoms with E-state index in [1.165, 1.54) is 30.8 Å². The maximum atomic E-state index is 14.8. The van der Waals surface area contributed by atoms with Crippen molar-refractivity contribution in [3.63, 3.8) is 0 Å². The van der Waals surface area contributed by atoms with Gasteiger partial charge in [0, 0.05) is 66.4 Å². The van der Waals surface area contributed by atoms with Crippen molar-refractivity contribution in [3.8, 4) is 23.1 Å². The smallest absolute Gasteiger partial charge is 0.177 e. The number of H-pyrrole nitrogens is 1. The number of rotatable bonds is 7. The summed E-state index contributed by atoms with van der Waals surface area (Å²) in [6, 6.07) is 6.44. The molecule has 0 spiro atoms. The largest absolute Gasteiger partial charge is 0.468 e. The number of aromatic nitrogens is 4. The molecule has 3 aromatic heterocycles. The monoisotopic (exact) mass is 575 g/mol. The number of pyridine rings is 2. The molecule has 5 rings (SSSR count). The van der Waals surface area contributed by atoms with Crippen LogP contribution in [-0.2, 0) is 9.84 Å². The topological polar surface area (TPSA) is 151 Å². The highest BCUT2D eigenvalue weighted by molar-refractivity contribution is 7.90. The Morgan fingerprint density at radius 2 is 1.97 bits per heavy atom. The number of fused-ring (bicyclic) bond motifs is 1. The normalized spacial score (nSPS) is 14.8. The Bertz CT molecular complexity index is 1680. The van der Waals surface area contributed by atoms with Gasteiger partial charge in [-0.2, -0.15) is 10.4 Å². The van der Waals surface area contributed by atoms with Crippen molar-refractivity contribution < 1.29 is 17.5 Å². The molecular weight excluding hydrogens is 556 g/mol. The molecule has 196 valence electrons. The first-order valence-corrected chi connectivity index (χ1v) is 14.1. The van der Waals surface area contributed by atoms with E-state index in [1.54, 1.807) is 12.3 Å². The Hall–Kier alpha value is -3.50. The quantitative estimate of drug-likeness (QED) is 0.313. The van der Waals surface area contributed by atoms with E-state index < -0.39 is 21.9 Å². The van der Waals surface area contributed by atoms with Gasteiger partial charge in [0.2, 0.25) is 0 Å². The summed E-state index contributed by atoms with van der Waals surface area (Å²) in [6.07, 6.45) is 4.30. The molecule has 38 heavy (non-hydrogen) atoms. The first kappa shape index (κ1) is 26.1. The van der Waals surface area contributed by atoms with Crippen LogP contribution in [0.5, 0.6) is 5.75 Å². The van der Waals surface area contributed by atoms with E-state index >= 15 is 0 Å². The first-order chi connectivity index (χ1) is 18.0. The van der Waals surface area contributed by atoms with Crippen molar-refractivity contribution in [1.82, 2.24) is 20.2 Å². The summed E-state index contributed by atoms with van der Waals surface area (Å²) in [5.41, 5.74) is 8.02. The molecule has 1 aliphatic rings. The number of nitrogens with zero attached hydrogens (tertiary/aromatic N) is 5. The highest BCUT2D eigenvalue weighted by atomic mass is 35.5. The zero-order valence-corrected chi connectivity index (χ0v) is 22.1. The number of ether oxygens (including phenoxy) is 1. The molecule has 1 fully saturated rings. The van der Waals surface area contributed by atoms with Crippen molar-refractivity contribution in [2.24, 2.45) is 11.7 Å². The van der Waals surface area contributed by atoms with Gasteiger partial charge in [0.15, 0.2) is 17.8 Å². The number of sulfone groups is 1. The lowest BCUT2D eigenvalue weighted by Crippen LogP contribution is -2.50. The zero-order valence-electron chi connectivity index (χ0n) is 19.8. The average molecular weight is 576 g/mol. The molecule has 0 bridgehead atoms. The van der Waals surface area contributed by atoms with Gasteiger partial charge in [0.1, 0.15) is 27.4 Å². The Morgan fingerprint density at radius 3 is 2.63 bits per heavy atom. The molecule has 4 heterocycles. The number of benzene rings is 1. The van der Waals surface area contributed by atoms with Gasteiger partial charge in [-0.15, -0.1) is 0 Å². The fourth-order valence-corrected chi connectivity index (χ4v) is 6.06. The number of anilines is 1. The van der Waals surface area contributed by atoms with Gasteiger partial charge < -0.3 is 9.64 Å². The lowest BCUT2D eigenvalue weighted by molar-refractivity contribution is 0.205. The Labute approximate surface area is 227 Å². The Balaban J connectivity index is 1.44. The lowest BCUT2D eigenvalue weighted by atomic mass is 10.0. The third-order valence-corrected chi connectivity index (χ3v) is 7.78. The van der Waals surface area contributed by atoms with Crippen LogP contribution in [-0.4, -0.2) is 53.7 Å². The molecule has 0 aliphatic carbocycles. The van der Waals surface area contributed by atoms with Crippen LogP contribution in [0.4, 0.5) is 10.2 Å². The number of nitrogens with one attached hydrogen (secondary N) is 1. The second-order valence-corrected chi connectivity index (χ2v) is 12.0. The highest BCUT2D eigenvalue weighted by Gasteiger charge is 2.32. The van der Waals surface area contributed by atoms with Crippen LogP contribution in [0.15, 0.2) is 36.8 Å².